The molecule has 0 heterocycles. The van der Waals surface area contributed by atoms with E-state index in [1.165, 1.54) is 18.4 Å². The van der Waals surface area contributed by atoms with Gasteiger partial charge in [0.05, 0.1) is 13.0 Å². The summed E-state index contributed by atoms with van der Waals surface area (Å²) in [6, 6.07) is 10.1. The van der Waals surface area contributed by atoms with Gasteiger partial charge in [0, 0.05) is 0 Å². The molecule has 0 unspecified atom stereocenters. The van der Waals surface area contributed by atoms with Gasteiger partial charge in [0.2, 0.25) is 0 Å². The van der Waals surface area contributed by atoms with Crippen LogP contribution in [0.4, 0.5) is 0 Å². The maximum atomic E-state index is 11.6. The minimum atomic E-state index is -0.0807. The minimum Gasteiger partial charge on any atom is -0.466 e. The number of ether oxygens (including phenoxy) is 1. The fourth-order valence-electron chi connectivity index (χ4n) is 1.92. The van der Waals surface area contributed by atoms with Crippen molar-refractivity contribution < 1.29 is 9.53 Å². The Balaban J connectivity index is 2.20. The van der Waals surface area contributed by atoms with Crippen molar-refractivity contribution in [3.05, 3.63) is 35.9 Å². The van der Waals surface area contributed by atoms with Crippen LogP contribution in [-0.2, 0) is 9.53 Å². The van der Waals surface area contributed by atoms with Crippen molar-refractivity contribution >= 4 is 5.97 Å². The lowest BCUT2D eigenvalue weighted by Crippen LogP contribution is -2.09. The molecule has 0 saturated heterocycles. The second-order valence-electron chi connectivity index (χ2n) is 4.80. The number of benzene rings is 1. The molecule has 0 fully saturated rings. The Kier molecular flexibility index (Phi) is 7.16. The lowest BCUT2D eigenvalue weighted by molar-refractivity contribution is -0.144. The number of carbonyl (C=O) groups excluding carboxylic acids is 1. The van der Waals surface area contributed by atoms with E-state index in [0.29, 0.717) is 13.0 Å². The standard InChI is InChI=1S/C16H24O2/c1-3-4-5-9-12-18-16(17)13-14(2)15-10-7-6-8-11-15/h6-8,10-11,14H,3-5,9,12-13H2,1-2H3/t14-/m0/s1. The number of hydrogen-bond donors (Lipinski definition) is 0. The molecule has 0 aliphatic heterocycles. The summed E-state index contributed by atoms with van der Waals surface area (Å²) in [5, 5.41) is 0. The van der Waals surface area contributed by atoms with Gasteiger partial charge in [-0.25, -0.2) is 0 Å². The molecule has 0 radical (unpaired) electrons. The molecule has 2 nitrogen and oxygen atoms in total. The van der Waals surface area contributed by atoms with Crippen LogP contribution in [-0.4, -0.2) is 12.6 Å². The number of rotatable bonds is 8. The molecule has 1 aromatic carbocycles. The van der Waals surface area contributed by atoms with E-state index >= 15 is 0 Å². The molecule has 0 saturated carbocycles. The quantitative estimate of drug-likeness (QED) is 0.506. The predicted octanol–water partition coefficient (Wildman–Crippen LogP) is 4.30. The predicted molar refractivity (Wildman–Crippen MR) is 74.6 cm³/mol. The van der Waals surface area contributed by atoms with E-state index in [9.17, 15) is 4.79 Å². The van der Waals surface area contributed by atoms with Crippen LogP contribution in [0.2, 0.25) is 0 Å². The minimum absolute atomic E-state index is 0.0807. The van der Waals surface area contributed by atoms with Crippen LogP contribution >= 0.6 is 0 Å². The average Bonchev–Trinajstić information content (AvgIpc) is 2.39. The summed E-state index contributed by atoms with van der Waals surface area (Å²) in [7, 11) is 0. The van der Waals surface area contributed by atoms with Crippen LogP contribution in [0.15, 0.2) is 30.3 Å². The van der Waals surface area contributed by atoms with Gasteiger partial charge < -0.3 is 4.74 Å². The van der Waals surface area contributed by atoms with Crippen molar-refractivity contribution in [3.63, 3.8) is 0 Å². The highest BCUT2D eigenvalue weighted by atomic mass is 16.5. The monoisotopic (exact) mass is 248 g/mol. The van der Waals surface area contributed by atoms with E-state index < -0.39 is 0 Å². The van der Waals surface area contributed by atoms with Crippen molar-refractivity contribution in [3.8, 4) is 0 Å². The first-order chi connectivity index (χ1) is 8.74. The average molecular weight is 248 g/mol. The molecular weight excluding hydrogens is 224 g/mol. The van der Waals surface area contributed by atoms with Gasteiger partial charge >= 0.3 is 5.97 Å². The molecule has 0 spiro atoms. The van der Waals surface area contributed by atoms with Crippen molar-refractivity contribution in [2.75, 3.05) is 6.61 Å². The first kappa shape index (κ1) is 14.7. The van der Waals surface area contributed by atoms with Crippen molar-refractivity contribution in [2.45, 2.75) is 51.9 Å². The normalized spacial score (nSPS) is 12.1. The second-order valence-corrected chi connectivity index (χ2v) is 4.80. The Morgan fingerprint density at radius 3 is 2.56 bits per heavy atom. The van der Waals surface area contributed by atoms with Crippen LogP contribution in [0.1, 0.15) is 57.4 Å². The highest BCUT2D eigenvalue weighted by Gasteiger charge is 2.11. The SMILES string of the molecule is CCCCCCOC(=O)C[C@H](C)c1ccccc1. The molecule has 18 heavy (non-hydrogen) atoms. The summed E-state index contributed by atoms with van der Waals surface area (Å²) in [5.41, 5.74) is 1.19. The maximum Gasteiger partial charge on any atom is 0.306 e. The molecular formula is C16H24O2. The summed E-state index contributed by atoms with van der Waals surface area (Å²) < 4.78 is 5.24. The van der Waals surface area contributed by atoms with E-state index in [-0.39, 0.29) is 11.9 Å². The smallest absolute Gasteiger partial charge is 0.306 e. The third kappa shape index (κ3) is 5.85. The van der Waals surface area contributed by atoms with Crippen LogP contribution in [0.3, 0.4) is 0 Å². The Morgan fingerprint density at radius 1 is 1.17 bits per heavy atom. The van der Waals surface area contributed by atoms with E-state index in [1.54, 1.807) is 0 Å². The van der Waals surface area contributed by atoms with Gasteiger partial charge in [-0.2, -0.15) is 0 Å². The number of unbranched alkanes of at least 4 members (excludes halogenated alkanes) is 3. The lowest BCUT2D eigenvalue weighted by Gasteiger charge is -2.11. The Labute approximate surface area is 110 Å². The first-order valence-corrected chi connectivity index (χ1v) is 6.94. The van der Waals surface area contributed by atoms with Gasteiger partial charge in [0.25, 0.3) is 0 Å². The molecule has 0 bridgehead atoms. The highest BCUT2D eigenvalue weighted by molar-refractivity contribution is 5.70. The fraction of sp³-hybridized carbons (Fsp3) is 0.562. The summed E-state index contributed by atoms with van der Waals surface area (Å²) in [4.78, 5) is 11.6. The molecule has 1 aromatic rings. The molecule has 0 aliphatic rings. The zero-order valence-electron chi connectivity index (χ0n) is 11.5. The van der Waals surface area contributed by atoms with Crippen LogP contribution in [0, 0.1) is 0 Å². The lowest BCUT2D eigenvalue weighted by atomic mass is 9.98. The molecule has 0 aromatic heterocycles. The molecule has 0 N–H and O–H groups in total. The number of hydrogen-bond acceptors (Lipinski definition) is 2. The number of esters is 1. The van der Waals surface area contributed by atoms with Gasteiger partial charge in [0.1, 0.15) is 0 Å². The van der Waals surface area contributed by atoms with Crippen LogP contribution < -0.4 is 0 Å². The maximum absolute atomic E-state index is 11.6. The van der Waals surface area contributed by atoms with E-state index in [1.807, 2.05) is 18.2 Å². The van der Waals surface area contributed by atoms with Crippen LogP contribution in [0.5, 0.6) is 0 Å². The van der Waals surface area contributed by atoms with E-state index in [4.69, 9.17) is 4.74 Å². The van der Waals surface area contributed by atoms with Gasteiger partial charge in [-0.15, -0.1) is 0 Å². The largest absolute Gasteiger partial charge is 0.466 e. The second kappa shape index (κ2) is 8.73. The summed E-state index contributed by atoms with van der Waals surface area (Å²) in [5.74, 6) is 0.150. The number of carbonyl (C=O) groups is 1. The molecule has 0 aliphatic carbocycles. The van der Waals surface area contributed by atoms with Gasteiger partial charge in [-0.3, -0.25) is 4.79 Å². The fourth-order valence-corrected chi connectivity index (χ4v) is 1.92. The summed E-state index contributed by atoms with van der Waals surface area (Å²) in [6.45, 7) is 4.81. The zero-order chi connectivity index (χ0) is 13.2. The molecule has 100 valence electrons. The molecule has 2 heteroatoms. The van der Waals surface area contributed by atoms with Crippen molar-refractivity contribution in [1.29, 1.82) is 0 Å². The van der Waals surface area contributed by atoms with Crippen molar-refractivity contribution in [2.24, 2.45) is 0 Å². The van der Waals surface area contributed by atoms with E-state index in [2.05, 4.69) is 26.0 Å². The Morgan fingerprint density at radius 2 is 1.89 bits per heavy atom. The first-order valence-electron chi connectivity index (χ1n) is 6.94. The Hall–Kier alpha value is -1.31. The van der Waals surface area contributed by atoms with Gasteiger partial charge in [0.15, 0.2) is 0 Å². The van der Waals surface area contributed by atoms with Crippen LogP contribution in [0.25, 0.3) is 0 Å². The highest BCUT2D eigenvalue weighted by Crippen LogP contribution is 2.18. The molecule has 0 amide bonds. The third-order valence-electron chi connectivity index (χ3n) is 3.10. The third-order valence-corrected chi connectivity index (χ3v) is 3.10. The molecule has 1 rings (SSSR count). The summed E-state index contributed by atoms with van der Waals surface area (Å²) >= 11 is 0. The Bertz CT molecular complexity index is 332. The van der Waals surface area contributed by atoms with Gasteiger partial charge in [-0.05, 0) is 17.9 Å². The van der Waals surface area contributed by atoms with E-state index in [0.717, 1.165) is 12.8 Å². The molecule has 1 atom stereocenters. The topological polar surface area (TPSA) is 26.3 Å². The summed E-state index contributed by atoms with van der Waals surface area (Å²) in [6.07, 6.45) is 5.03. The zero-order valence-corrected chi connectivity index (χ0v) is 11.5. The van der Waals surface area contributed by atoms with Gasteiger partial charge in [-0.1, -0.05) is 63.4 Å². The van der Waals surface area contributed by atoms with Crippen molar-refractivity contribution in [1.82, 2.24) is 0 Å².